The number of thiazole rings is 1. The number of nitrogens with zero attached hydrogens (tertiary/aromatic N) is 4. The van der Waals surface area contributed by atoms with E-state index < -0.39 is 10.0 Å². The van der Waals surface area contributed by atoms with Crippen molar-refractivity contribution < 1.29 is 18.3 Å². The summed E-state index contributed by atoms with van der Waals surface area (Å²) in [5, 5.41) is 15.8. The maximum Gasteiger partial charge on any atom is 0.262 e. The minimum absolute atomic E-state index is 0.129. The first-order chi connectivity index (χ1) is 19.7. The molecule has 0 aliphatic carbocycles. The Balaban J connectivity index is 1.26. The highest BCUT2D eigenvalue weighted by atomic mass is 32.2. The van der Waals surface area contributed by atoms with Crippen LogP contribution in [0.1, 0.15) is 0 Å². The number of aliphatic hydroxyl groups is 1. The highest BCUT2D eigenvalue weighted by molar-refractivity contribution is 7.93. The lowest BCUT2D eigenvalue weighted by atomic mass is 10.1. The molecule has 4 aromatic rings. The van der Waals surface area contributed by atoms with Gasteiger partial charge < -0.3 is 15.3 Å². The Bertz CT molecular complexity index is 1630. The molecule has 10 nitrogen and oxygen atoms in total. The lowest BCUT2D eigenvalue weighted by molar-refractivity contribution is -0.117. The Morgan fingerprint density at radius 1 is 1.00 bits per heavy atom. The number of nitrogens with one attached hydrogen (secondary N) is 2. The summed E-state index contributed by atoms with van der Waals surface area (Å²) in [4.78, 5) is 23.6. The van der Waals surface area contributed by atoms with Crippen LogP contribution >= 0.6 is 11.3 Å². The molecule has 41 heavy (non-hydrogen) atoms. The highest BCUT2D eigenvalue weighted by Crippen LogP contribution is 2.32. The summed E-state index contributed by atoms with van der Waals surface area (Å²) in [5.74, 6) is -0.129. The third-order valence-corrected chi connectivity index (χ3v) is 9.24. The molecule has 0 bridgehead atoms. The molecule has 0 unspecified atom stereocenters. The number of sulfonamides is 1. The molecule has 0 spiro atoms. The number of benzene rings is 3. The van der Waals surface area contributed by atoms with Crippen molar-refractivity contribution in [1.82, 2.24) is 14.8 Å². The van der Waals surface area contributed by atoms with E-state index in [-0.39, 0.29) is 24.0 Å². The predicted molar refractivity (Wildman–Crippen MR) is 165 cm³/mol. The summed E-state index contributed by atoms with van der Waals surface area (Å²) in [7, 11) is -0.0201. The standard InChI is InChI=1S/C29H34N6O4S2/c1-33(2)26-10-4-9-24-23(26)8-5-11-27(24)41(38,39)32-22-7-3-6-21(18-22)25-20-40-29(30-25)31-28(37)19-35-14-12-34(13-15-35)16-17-36/h3-11,18,20,32,36H,12-17,19H2,1-2H3,(H,30,31,37). The number of rotatable bonds is 10. The molecule has 0 radical (unpaired) electrons. The molecule has 1 fully saturated rings. The lowest BCUT2D eigenvalue weighted by Crippen LogP contribution is -2.49. The van der Waals surface area contributed by atoms with Crippen molar-refractivity contribution in [2.45, 2.75) is 4.90 Å². The van der Waals surface area contributed by atoms with Gasteiger partial charge in [-0.1, -0.05) is 36.4 Å². The summed E-state index contributed by atoms with van der Waals surface area (Å²) in [6.45, 7) is 4.28. The largest absolute Gasteiger partial charge is 0.395 e. The minimum atomic E-state index is -3.88. The van der Waals surface area contributed by atoms with E-state index in [2.05, 4.69) is 24.8 Å². The van der Waals surface area contributed by atoms with Gasteiger partial charge in [-0.25, -0.2) is 13.4 Å². The van der Waals surface area contributed by atoms with Gasteiger partial charge in [0.1, 0.15) is 0 Å². The Labute approximate surface area is 244 Å². The molecule has 12 heteroatoms. The van der Waals surface area contributed by atoms with Crippen LogP contribution in [-0.4, -0.2) is 94.2 Å². The molecule has 216 valence electrons. The molecule has 0 saturated carbocycles. The van der Waals surface area contributed by atoms with Crippen LogP contribution in [0.2, 0.25) is 0 Å². The van der Waals surface area contributed by atoms with Gasteiger partial charge in [0.25, 0.3) is 10.0 Å². The SMILES string of the molecule is CN(C)c1cccc2c(S(=O)(=O)Nc3cccc(-c4csc(NC(=O)CN5CCN(CCO)CC5)n4)c3)cccc12. The van der Waals surface area contributed by atoms with Gasteiger partial charge in [-0.15, -0.1) is 11.3 Å². The number of aromatic nitrogens is 1. The van der Waals surface area contributed by atoms with E-state index in [4.69, 9.17) is 5.11 Å². The van der Waals surface area contributed by atoms with E-state index in [0.717, 1.165) is 42.8 Å². The molecule has 1 saturated heterocycles. The zero-order valence-corrected chi connectivity index (χ0v) is 24.7. The fourth-order valence-corrected chi connectivity index (χ4v) is 6.99. The van der Waals surface area contributed by atoms with Crippen molar-refractivity contribution >= 4 is 54.5 Å². The van der Waals surface area contributed by atoms with Crippen molar-refractivity contribution in [3.05, 3.63) is 66.0 Å². The summed E-state index contributed by atoms with van der Waals surface area (Å²) >= 11 is 1.32. The molecule has 0 atom stereocenters. The Morgan fingerprint density at radius 2 is 1.71 bits per heavy atom. The van der Waals surface area contributed by atoms with Gasteiger partial charge in [-0.2, -0.15) is 0 Å². The molecule has 1 aromatic heterocycles. The van der Waals surface area contributed by atoms with Gasteiger partial charge in [0.05, 0.1) is 23.7 Å². The van der Waals surface area contributed by atoms with Crippen molar-refractivity contribution in [2.75, 3.05) is 74.9 Å². The van der Waals surface area contributed by atoms with E-state index in [1.807, 2.05) is 54.7 Å². The van der Waals surface area contributed by atoms with Crippen molar-refractivity contribution in [3.63, 3.8) is 0 Å². The Hall–Kier alpha value is -3.55. The van der Waals surface area contributed by atoms with Crippen LogP contribution < -0.4 is 14.9 Å². The van der Waals surface area contributed by atoms with Crippen molar-refractivity contribution in [3.8, 4) is 11.3 Å². The van der Waals surface area contributed by atoms with E-state index >= 15 is 0 Å². The maximum absolute atomic E-state index is 13.5. The van der Waals surface area contributed by atoms with Crippen LogP contribution in [0.4, 0.5) is 16.5 Å². The topological polar surface area (TPSA) is 118 Å². The number of β-amino-alcohol motifs (C(OH)–C–C–N with tert-alkyl or cyclic N) is 1. The van der Waals surface area contributed by atoms with Crippen LogP contribution in [0.3, 0.4) is 0 Å². The van der Waals surface area contributed by atoms with Crippen molar-refractivity contribution in [2.24, 2.45) is 0 Å². The third-order valence-electron chi connectivity index (χ3n) is 7.04. The summed E-state index contributed by atoms with van der Waals surface area (Å²) < 4.78 is 29.7. The highest BCUT2D eigenvalue weighted by Gasteiger charge is 2.21. The van der Waals surface area contributed by atoms with Gasteiger partial charge in [-0.3, -0.25) is 19.3 Å². The molecule has 1 amide bonds. The normalized spacial score (nSPS) is 14.7. The zero-order chi connectivity index (χ0) is 29.0. The molecular weight excluding hydrogens is 560 g/mol. The summed E-state index contributed by atoms with van der Waals surface area (Å²) in [6.07, 6.45) is 0. The van der Waals surface area contributed by atoms with Crippen LogP contribution in [0.25, 0.3) is 22.0 Å². The van der Waals surface area contributed by atoms with E-state index in [1.165, 1.54) is 11.3 Å². The average molecular weight is 595 g/mol. The van der Waals surface area contributed by atoms with E-state index in [1.54, 1.807) is 30.3 Å². The molecule has 5 rings (SSSR count). The molecule has 3 N–H and O–H groups in total. The fraction of sp³-hybridized carbons (Fsp3) is 0.310. The number of fused-ring (bicyclic) bond motifs is 1. The van der Waals surface area contributed by atoms with Crippen molar-refractivity contribution in [1.29, 1.82) is 0 Å². The van der Waals surface area contributed by atoms with Gasteiger partial charge >= 0.3 is 0 Å². The maximum atomic E-state index is 13.5. The van der Waals surface area contributed by atoms with E-state index in [9.17, 15) is 13.2 Å². The minimum Gasteiger partial charge on any atom is -0.395 e. The number of aliphatic hydroxyl groups excluding tert-OH is 1. The first kappa shape index (κ1) is 29.0. The monoisotopic (exact) mass is 594 g/mol. The third kappa shape index (κ3) is 6.85. The fourth-order valence-electron chi connectivity index (χ4n) is 4.98. The number of carbonyl (C=O) groups excluding carboxylic acids is 1. The van der Waals surface area contributed by atoms with Crippen LogP contribution in [-0.2, 0) is 14.8 Å². The van der Waals surface area contributed by atoms with Gasteiger partial charge in [-0.05, 0) is 24.3 Å². The second-order valence-electron chi connectivity index (χ2n) is 10.1. The van der Waals surface area contributed by atoms with Gasteiger partial charge in [0, 0.05) is 79.9 Å². The molecular formula is C29H34N6O4S2. The van der Waals surface area contributed by atoms with Crippen LogP contribution in [0.5, 0.6) is 0 Å². The predicted octanol–water partition coefficient (Wildman–Crippen LogP) is 3.38. The quantitative estimate of drug-likeness (QED) is 0.256. The molecule has 2 heterocycles. The van der Waals surface area contributed by atoms with Gasteiger partial charge in [0.2, 0.25) is 5.91 Å². The molecule has 1 aliphatic heterocycles. The number of hydrogen-bond donors (Lipinski definition) is 3. The Morgan fingerprint density at radius 3 is 2.46 bits per heavy atom. The summed E-state index contributed by atoms with van der Waals surface area (Å²) in [5.41, 5.74) is 2.73. The molecule has 3 aromatic carbocycles. The van der Waals surface area contributed by atoms with Crippen LogP contribution in [0.15, 0.2) is 70.9 Å². The Kier molecular flexibility index (Phi) is 8.85. The number of amides is 1. The second-order valence-corrected chi connectivity index (χ2v) is 12.6. The average Bonchev–Trinajstić information content (AvgIpc) is 3.41. The first-order valence-electron chi connectivity index (χ1n) is 13.4. The number of hydrogen-bond acceptors (Lipinski definition) is 9. The first-order valence-corrected chi connectivity index (χ1v) is 15.7. The lowest BCUT2D eigenvalue weighted by Gasteiger charge is -2.33. The van der Waals surface area contributed by atoms with Crippen LogP contribution in [0, 0.1) is 0 Å². The smallest absolute Gasteiger partial charge is 0.262 e. The summed E-state index contributed by atoms with van der Waals surface area (Å²) in [6, 6.07) is 18.0. The zero-order valence-electron chi connectivity index (χ0n) is 23.1. The number of carbonyl (C=O) groups is 1. The number of anilines is 3. The number of piperazine rings is 1. The van der Waals surface area contributed by atoms with Gasteiger partial charge in [0.15, 0.2) is 5.13 Å². The molecule has 1 aliphatic rings. The van der Waals surface area contributed by atoms with E-state index in [0.29, 0.717) is 28.4 Å². The second kappa shape index (κ2) is 12.5.